The molecule has 1 atom stereocenters. The van der Waals surface area contributed by atoms with Crippen molar-refractivity contribution in [1.29, 1.82) is 0 Å². The number of hydrogen-bond acceptors (Lipinski definition) is 2. The van der Waals surface area contributed by atoms with Crippen LogP contribution in [-0.4, -0.2) is 7.05 Å². The molecule has 1 unspecified atom stereocenters. The molecule has 1 aromatic heterocycles. The van der Waals surface area contributed by atoms with Crippen LogP contribution in [0.2, 0.25) is 5.02 Å². The zero-order valence-corrected chi connectivity index (χ0v) is 9.87. The smallest absolute Gasteiger partial charge is 0.0950 e. The van der Waals surface area contributed by atoms with Crippen LogP contribution in [0.15, 0.2) is 47.3 Å². The van der Waals surface area contributed by atoms with Gasteiger partial charge in [0.2, 0.25) is 0 Å². The van der Waals surface area contributed by atoms with E-state index in [2.05, 4.69) is 5.32 Å². The Hall–Kier alpha value is -1.25. The van der Waals surface area contributed by atoms with Gasteiger partial charge in [-0.3, -0.25) is 0 Å². The van der Waals surface area contributed by atoms with Crippen molar-refractivity contribution in [3.05, 3.63) is 59.0 Å². The van der Waals surface area contributed by atoms with Crippen LogP contribution >= 0.6 is 11.6 Å². The van der Waals surface area contributed by atoms with Crippen LogP contribution < -0.4 is 5.32 Å². The number of rotatable bonds is 4. The maximum Gasteiger partial charge on any atom is 0.0950 e. The summed E-state index contributed by atoms with van der Waals surface area (Å²) in [6.07, 6.45) is 4.31. The third-order valence-corrected chi connectivity index (χ3v) is 3.04. The van der Waals surface area contributed by atoms with E-state index in [-0.39, 0.29) is 6.04 Å². The Morgan fingerprint density at radius 1 is 1.31 bits per heavy atom. The van der Waals surface area contributed by atoms with Gasteiger partial charge in [-0.2, -0.15) is 0 Å². The first-order valence-corrected chi connectivity index (χ1v) is 5.62. The third-order valence-electron chi connectivity index (χ3n) is 2.68. The Bertz CT molecular complexity index is 439. The quantitative estimate of drug-likeness (QED) is 0.878. The molecule has 3 heteroatoms. The summed E-state index contributed by atoms with van der Waals surface area (Å²) in [5, 5.41) is 4.07. The van der Waals surface area contributed by atoms with Gasteiger partial charge in [-0.25, -0.2) is 0 Å². The summed E-state index contributed by atoms with van der Waals surface area (Å²) in [6, 6.07) is 10.1. The number of likely N-dealkylation sites (N-methyl/N-ethyl adjacent to an activating group) is 1. The van der Waals surface area contributed by atoms with Crippen molar-refractivity contribution in [2.75, 3.05) is 7.05 Å². The molecule has 1 heterocycles. The minimum atomic E-state index is 0.235. The lowest BCUT2D eigenvalue weighted by Gasteiger charge is -2.15. The third kappa shape index (κ3) is 2.46. The monoisotopic (exact) mass is 235 g/mol. The second kappa shape index (κ2) is 5.19. The first-order valence-electron chi connectivity index (χ1n) is 5.24. The summed E-state index contributed by atoms with van der Waals surface area (Å²) in [4.78, 5) is 0. The predicted octanol–water partition coefficient (Wildman–Crippen LogP) is 3.44. The summed E-state index contributed by atoms with van der Waals surface area (Å²) in [5.41, 5.74) is 2.28. The Balaban J connectivity index is 2.17. The molecule has 2 rings (SSSR count). The molecule has 2 aromatic rings. The number of halogens is 1. The van der Waals surface area contributed by atoms with E-state index >= 15 is 0 Å². The van der Waals surface area contributed by atoms with Crippen molar-refractivity contribution < 1.29 is 4.42 Å². The highest BCUT2D eigenvalue weighted by Gasteiger charge is 2.12. The van der Waals surface area contributed by atoms with E-state index in [0.29, 0.717) is 0 Å². The fourth-order valence-electron chi connectivity index (χ4n) is 1.74. The van der Waals surface area contributed by atoms with Crippen LogP contribution in [0.3, 0.4) is 0 Å². The van der Waals surface area contributed by atoms with Gasteiger partial charge in [-0.05, 0) is 31.2 Å². The molecule has 0 amide bonds. The first-order chi connectivity index (χ1) is 7.81. The van der Waals surface area contributed by atoms with Gasteiger partial charge in [0.05, 0.1) is 12.5 Å². The molecule has 0 radical (unpaired) electrons. The average molecular weight is 236 g/mol. The minimum Gasteiger partial charge on any atom is -0.472 e. The Morgan fingerprint density at radius 3 is 2.75 bits per heavy atom. The van der Waals surface area contributed by atoms with Gasteiger partial charge in [0.25, 0.3) is 0 Å². The van der Waals surface area contributed by atoms with E-state index in [0.717, 1.165) is 22.6 Å². The number of furan rings is 1. The maximum absolute atomic E-state index is 6.14. The van der Waals surface area contributed by atoms with Crippen molar-refractivity contribution in [3.8, 4) is 0 Å². The van der Waals surface area contributed by atoms with Crippen LogP contribution in [0.4, 0.5) is 0 Å². The molecule has 1 aromatic carbocycles. The molecule has 0 aliphatic rings. The fourth-order valence-corrected chi connectivity index (χ4v) is 1.96. The highest BCUT2D eigenvalue weighted by Crippen LogP contribution is 2.23. The van der Waals surface area contributed by atoms with E-state index in [4.69, 9.17) is 16.0 Å². The molecule has 0 aliphatic heterocycles. The number of hydrogen-bond donors (Lipinski definition) is 1. The second-order valence-electron chi connectivity index (χ2n) is 3.69. The van der Waals surface area contributed by atoms with Crippen molar-refractivity contribution in [2.24, 2.45) is 0 Å². The maximum atomic E-state index is 6.14. The molecule has 0 fully saturated rings. The molecule has 0 saturated carbocycles. The zero-order chi connectivity index (χ0) is 11.4. The SMILES string of the molecule is CNC(Cc1ccccc1Cl)c1ccoc1. The van der Waals surface area contributed by atoms with Crippen LogP contribution in [0.5, 0.6) is 0 Å². The minimum absolute atomic E-state index is 0.235. The molecule has 16 heavy (non-hydrogen) atoms. The molecule has 0 saturated heterocycles. The molecule has 1 N–H and O–H groups in total. The van der Waals surface area contributed by atoms with Crippen molar-refractivity contribution in [3.63, 3.8) is 0 Å². The molecular formula is C13H14ClNO. The number of nitrogens with one attached hydrogen (secondary N) is 1. The predicted molar refractivity (Wildman–Crippen MR) is 65.7 cm³/mol. The Labute approximate surface area is 100 Å². The highest BCUT2D eigenvalue weighted by atomic mass is 35.5. The molecule has 2 nitrogen and oxygen atoms in total. The van der Waals surface area contributed by atoms with E-state index in [9.17, 15) is 0 Å². The van der Waals surface area contributed by atoms with Crippen molar-refractivity contribution in [2.45, 2.75) is 12.5 Å². The van der Waals surface area contributed by atoms with E-state index < -0.39 is 0 Å². The highest BCUT2D eigenvalue weighted by molar-refractivity contribution is 6.31. The molecule has 0 spiro atoms. The second-order valence-corrected chi connectivity index (χ2v) is 4.10. The van der Waals surface area contributed by atoms with Gasteiger partial charge < -0.3 is 9.73 Å². The van der Waals surface area contributed by atoms with Crippen LogP contribution in [0.1, 0.15) is 17.2 Å². The van der Waals surface area contributed by atoms with Crippen LogP contribution in [-0.2, 0) is 6.42 Å². The van der Waals surface area contributed by atoms with Gasteiger partial charge >= 0.3 is 0 Å². The molecule has 84 valence electrons. The van der Waals surface area contributed by atoms with E-state index in [1.54, 1.807) is 12.5 Å². The zero-order valence-electron chi connectivity index (χ0n) is 9.11. The van der Waals surface area contributed by atoms with Crippen LogP contribution in [0, 0.1) is 0 Å². The van der Waals surface area contributed by atoms with E-state index in [1.807, 2.05) is 37.4 Å². The number of benzene rings is 1. The summed E-state index contributed by atoms with van der Waals surface area (Å²) in [7, 11) is 1.94. The van der Waals surface area contributed by atoms with Gasteiger partial charge in [-0.1, -0.05) is 29.8 Å². The summed E-state index contributed by atoms with van der Waals surface area (Å²) in [5.74, 6) is 0. The average Bonchev–Trinajstić information content (AvgIpc) is 2.81. The van der Waals surface area contributed by atoms with Gasteiger partial charge in [0.15, 0.2) is 0 Å². The lowest BCUT2D eigenvalue weighted by atomic mass is 10.0. The van der Waals surface area contributed by atoms with Gasteiger partial charge in [0, 0.05) is 16.6 Å². The first kappa shape index (κ1) is 11.2. The van der Waals surface area contributed by atoms with Gasteiger partial charge in [-0.15, -0.1) is 0 Å². The summed E-state index contributed by atoms with van der Waals surface area (Å²) in [6.45, 7) is 0. The van der Waals surface area contributed by atoms with Crippen molar-refractivity contribution in [1.82, 2.24) is 5.32 Å². The summed E-state index contributed by atoms with van der Waals surface area (Å²) < 4.78 is 5.09. The fraction of sp³-hybridized carbons (Fsp3) is 0.231. The van der Waals surface area contributed by atoms with Crippen molar-refractivity contribution >= 4 is 11.6 Å². The standard InChI is InChI=1S/C13H14ClNO/c1-15-13(11-6-7-16-9-11)8-10-4-2-3-5-12(10)14/h2-7,9,13,15H,8H2,1H3. The normalized spacial score (nSPS) is 12.6. The topological polar surface area (TPSA) is 25.2 Å². The van der Waals surface area contributed by atoms with E-state index in [1.165, 1.54) is 0 Å². The van der Waals surface area contributed by atoms with Gasteiger partial charge in [0.1, 0.15) is 0 Å². The summed E-state index contributed by atoms with van der Waals surface area (Å²) >= 11 is 6.14. The molecular weight excluding hydrogens is 222 g/mol. The van der Waals surface area contributed by atoms with Crippen LogP contribution in [0.25, 0.3) is 0 Å². The Morgan fingerprint density at radius 2 is 2.12 bits per heavy atom. The molecule has 0 aliphatic carbocycles. The molecule has 0 bridgehead atoms. The Kier molecular flexibility index (Phi) is 3.65. The lowest BCUT2D eigenvalue weighted by molar-refractivity contribution is 0.542. The lowest BCUT2D eigenvalue weighted by Crippen LogP contribution is -2.18. The largest absolute Gasteiger partial charge is 0.472 e.